The van der Waals surface area contributed by atoms with Crippen molar-refractivity contribution in [2.24, 2.45) is 5.92 Å². The van der Waals surface area contributed by atoms with Gasteiger partial charge in [-0.25, -0.2) is 0 Å². The Labute approximate surface area is 104 Å². The quantitative estimate of drug-likeness (QED) is 0.786. The first-order valence-corrected chi connectivity index (χ1v) is 7.35. The van der Waals surface area contributed by atoms with Crippen molar-refractivity contribution in [3.8, 4) is 0 Å². The molecule has 0 radical (unpaired) electrons. The maximum atomic E-state index is 12.0. The Bertz CT molecular complexity index is 274. The molecular weight excluding hydrogens is 212 g/mol. The molecule has 2 saturated heterocycles. The third-order valence-corrected chi connectivity index (χ3v) is 4.79. The first-order chi connectivity index (χ1) is 8.29. The number of hydrogen-bond acceptors (Lipinski definition) is 2. The van der Waals surface area contributed by atoms with Gasteiger partial charge in [-0.1, -0.05) is 12.8 Å². The summed E-state index contributed by atoms with van der Waals surface area (Å²) in [5.74, 6) is 0.983. The lowest BCUT2D eigenvalue weighted by Gasteiger charge is -2.30. The minimum absolute atomic E-state index is 0.309. The van der Waals surface area contributed by atoms with Crippen LogP contribution in [0.25, 0.3) is 0 Å². The van der Waals surface area contributed by atoms with Crippen LogP contribution in [0.4, 0.5) is 0 Å². The maximum absolute atomic E-state index is 12.0. The van der Waals surface area contributed by atoms with E-state index in [0.717, 1.165) is 19.3 Å². The SMILES string of the molecule is O=C(CC1CCCC1)NC1CC2CCC(C1)N2. The molecule has 2 aliphatic heterocycles. The highest BCUT2D eigenvalue weighted by atomic mass is 16.1. The van der Waals surface area contributed by atoms with E-state index in [2.05, 4.69) is 10.6 Å². The van der Waals surface area contributed by atoms with Crippen LogP contribution < -0.4 is 10.6 Å². The summed E-state index contributed by atoms with van der Waals surface area (Å²) in [5.41, 5.74) is 0. The summed E-state index contributed by atoms with van der Waals surface area (Å²) < 4.78 is 0. The molecular formula is C14H24N2O. The van der Waals surface area contributed by atoms with Crippen molar-refractivity contribution in [1.29, 1.82) is 0 Å². The monoisotopic (exact) mass is 236 g/mol. The fourth-order valence-electron chi connectivity index (χ4n) is 3.94. The molecule has 2 heterocycles. The predicted octanol–water partition coefficient (Wildman–Crippen LogP) is 1.97. The van der Waals surface area contributed by atoms with E-state index in [0.29, 0.717) is 30.0 Å². The van der Waals surface area contributed by atoms with Gasteiger partial charge in [0.05, 0.1) is 0 Å². The summed E-state index contributed by atoms with van der Waals surface area (Å²) in [4.78, 5) is 12.0. The minimum Gasteiger partial charge on any atom is -0.353 e. The number of nitrogens with one attached hydrogen (secondary N) is 2. The molecule has 2 unspecified atom stereocenters. The smallest absolute Gasteiger partial charge is 0.220 e. The average Bonchev–Trinajstić information content (AvgIpc) is 2.89. The zero-order valence-electron chi connectivity index (χ0n) is 10.6. The van der Waals surface area contributed by atoms with Crippen LogP contribution >= 0.6 is 0 Å². The minimum atomic E-state index is 0.309. The molecule has 2 N–H and O–H groups in total. The van der Waals surface area contributed by atoms with Crippen LogP contribution in [0.3, 0.4) is 0 Å². The van der Waals surface area contributed by atoms with E-state index >= 15 is 0 Å². The van der Waals surface area contributed by atoms with E-state index in [-0.39, 0.29) is 0 Å². The Morgan fingerprint density at radius 3 is 2.35 bits per heavy atom. The van der Waals surface area contributed by atoms with Crippen molar-refractivity contribution < 1.29 is 4.79 Å². The standard InChI is InChI=1S/C14H24N2O/c17-14(7-10-3-1-2-4-10)16-13-8-11-5-6-12(9-13)15-11/h10-13,15H,1-9H2,(H,16,17). The first kappa shape index (κ1) is 11.5. The van der Waals surface area contributed by atoms with Gasteiger partial charge in [0.15, 0.2) is 0 Å². The highest BCUT2D eigenvalue weighted by molar-refractivity contribution is 5.76. The van der Waals surface area contributed by atoms with Crippen LogP contribution in [0, 0.1) is 5.92 Å². The number of fused-ring (bicyclic) bond motifs is 2. The van der Waals surface area contributed by atoms with Gasteiger partial charge >= 0.3 is 0 Å². The molecule has 3 fully saturated rings. The van der Waals surface area contributed by atoms with Gasteiger partial charge in [-0.3, -0.25) is 4.79 Å². The lowest BCUT2D eigenvalue weighted by atomic mass is 9.98. The van der Waals surface area contributed by atoms with Gasteiger partial charge in [0.25, 0.3) is 0 Å². The average molecular weight is 236 g/mol. The Morgan fingerprint density at radius 1 is 1.06 bits per heavy atom. The summed E-state index contributed by atoms with van der Waals surface area (Å²) in [6, 6.07) is 1.79. The van der Waals surface area contributed by atoms with E-state index in [1.807, 2.05) is 0 Å². The second-order valence-corrected chi connectivity index (χ2v) is 6.23. The largest absolute Gasteiger partial charge is 0.353 e. The molecule has 3 nitrogen and oxygen atoms in total. The molecule has 2 bridgehead atoms. The lowest BCUT2D eigenvalue weighted by molar-refractivity contribution is -0.122. The lowest BCUT2D eigenvalue weighted by Crippen LogP contribution is -2.48. The van der Waals surface area contributed by atoms with Crippen molar-refractivity contribution >= 4 is 5.91 Å². The van der Waals surface area contributed by atoms with Crippen molar-refractivity contribution in [3.63, 3.8) is 0 Å². The van der Waals surface area contributed by atoms with Crippen LogP contribution in [0.1, 0.15) is 57.8 Å². The van der Waals surface area contributed by atoms with E-state index in [1.165, 1.54) is 38.5 Å². The Kier molecular flexibility index (Phi) is 3.37. The molecule has 0 spiro atoms. The summed E-state index contributed by atoms with van der Waals surface area (Å²) in [6.45, 7) is 0. The number of rotatable bonds is 3. The number of hydrogen-bond donors (Lipinski definition) is 2. The molecule has 0 aromatic carbocycles. The fourth-order valence-corrected chi connectivity index (χ4v) is 3.94. The molecule has 1 aliphatic carbocycles. The number of carbonyl (C=O) groups is 1. The van der Waals surface area contributed by atoms with Crippen LogP contribution in [0.15, 0.2) is 0 Å². The molecule has 3 aliphatic rings. The Balaban J connectivity index is 1.44. The predicted molar refractivity (Wildman–Crippen MR) is 67.7 cm³/mol. The van der Waals surface area contributed by atoms with Crippen molar-refractivity contribution in [2.45, 2.75) is 75.9 Å². The summed E-state index contributed by atoms with van der Waals surface area (Å²) in [7, 11) is 0. The molecule has 1 amide bonds. The van der Waals surface area contributed by atoms with Gasteiger partial charge in [-0.2, -0.15) is 0 Å². The van der Waals surface area contributed by atoms with Crippen molar-refractivity contribution in [1.82, 2.24) is 10.6 Å². The fraction of sp³-hybridized carbons (Fsp3) is 0.929. The van der Waals surface area contributed by atoms with Crippen LogP contribution in [0.5, 0.6) is 0 Å². The van der Waals surface area contributed by atoms with E-state index in [4.69, 9.17) is 0 Å². The van der Waals surface area contributed by atoms with Gasteiger partial charge < -0.3 is 10.6 Å². The van der Waals surface area contributed by atoms with E-state index < -0.39 is 0 Å². The maximum Gasteiger partial charge on any atom is 0.220 e. The van der Waals surface area contributed by atoms with Gasteiger partial charge in [0.1, 0.15) is 0 Å². The summed E-state index contributed by atoms with van der Waals surface area (Å²) in [5, 5.41) is 6.88. The highest BCUT2D eigenvalue weighted by Gasteiger charge is 2.34. The Hall–Kier alpha value is -0.570. The third kappa shape index (κ3) is 2.82. The summed E-state index contributed by atoms with van der Waals surface area (Å²) in [6.07, 6.45) is 10.9. The zero-order valence-corrected chi connectivity index (χ0v) is 10.6. The van der Waals surface area contributed by atoms with Crippen LogP contribution in [-0.2, 0) is 4.79 Å². The third-order valence-electron chi connectivity index (χ3n) is 4.79. The molecule has 1 saturated carbocycles. The zero-order chi connectivity index (χ0) is 11.7. The van der Waals surface area contributed by atoms with E-state index in [1.54, 1.807) is 0 Å². The van der Waals surface area contributed by atoms with E-state index in [9.17, 15) is 4.79 Å². The molecule has 3 heteroatoms. The summed E-state index contributed by atoms with van der Waals surface area (Å²) >= 11 is 0. The number of carbonyl (C=O) groups excluding carboxylic acids is 1. The molecule has 3 rings (SSSR count). The molecule has 2 atom stereocenters. The molecule has 0 aromatic rings. The second kappa shape index (κ2) is 4.97. The highest BCUT2D eigenvalue weighted by Crippen LogP contribution is 2.29. The Morgan fingerprint density at radius 2 is 1.71 bits per heavy atom. The second-order valence-electron chi connectivity index (χ2n) is 6.23. The molecule has 0 aromatic heterocycles. The topological polar surface area (TPSA) is 41.1 Å². The van der Waals surface area contributed by atoms with Crippen molar-refractivity contribution in [3.05, 3.63) is 0 Å². The van der Waals surface area contributed by atoms with Crippen LogP contribution in [0.2, 0.25) is 0 Å². The number of piperidine rings is 1. The number of amides is 1. The molecule has 17 heavy (non-hydrogen) atoms. The van der Waals surface area contributed by atoms with Gasteiger partial charge in [0.2, 0.25) is 5.91 Å². The normalized spacial score (nSPS) is 37.3. The van der Waals surface area contributed by atoms with Crippen LogP contribution in [-0.4, -0.2) is 24.0 Å². The molecule has 96 valence electrons. The van der Waals surface area contributed by atoms with Gasteiger partial charge in [0, 0.05) is 24.5 Å². The van der Waals surface area contributed by atoms with Crippen molar-refractivity contribution in [2.75, 3.05) is 0 Å². The first-order valence-electron chi connectivity index (χ1n) is 7.35. The van der Waals surface area contributed by atoms with Gasteiger partial charge in [-0.05, 0) is 44.4 Å². The van der Waals surface area contributed by atoms with Gasteiger partial charge in [-0.15, -0.1) is 0 Å².